The SMILES string of the molecule is CN1CCC[C@@H](NC(=O)c2cnc(-c3ccc(C#N)c(F)c3)[nH]2)C1. The fourth-order valence-electron chi connectivity index (χ4n) is 2.88. The van der Waals surface area contributed by atoms with E-state index < -0.39 is 5.82 Å². The number of amides is 1. The Morgan fingerprint density at radius 3 is 3.08 bits per heavy atom. The first kappa shape index (κ1) is 16.1. The number of benzene rings is 1. The highest BCUT2D eigenvalue weighted by Gasteiger charge is 2.20. The monoisotopic (exact) mass is 327 g/mol. The van der Waals surface area contributed by atoms with Crippen molar-refractivity contribution in [2.24, 2.45) is 0 Å². The van der Waals surface area contributed by atoms with E-state index in [1.54, 1.807) is 12.1 Å². The quantitative estimate of drug-likeness (QED) is 0.902. The van der Waals surface area contributed by atoms with E-state index in [0.29, 0.717) is 17.1 Å². The maximum atomic E-state index is 13.7. The second kappa shape index (κ2) is 6.81. The van der Waals surface area contributed by atoms with Crippen LogP contribution in [0.15, 0.2) is 24.4 Å². The minimum Gasteiger partial charge on any atom is -0.347 e. The van der Waals surface area contributed by atoms with Gasteiger partial charge < -0.3 is 15.2 Å². The number of rotatable bonds is 3. The Hall–Kier alpha value is -2.72. The molecule has 2 heterocycles. The highest BCUT2D eigenvalue weighted by molar-refractivity contribution is 5.92. The lowest BCUT2D eigenvalue weighted by atomic mass is 10.1. The molecule has 1 atom stereocenters. The van der Waals surface area contributed by atoms with Crippen molar-refractivity contribution in [3.63, 3.8) is 0 Å². The van der Waals surface area contributed by atoms with Crippen molar-refractivity contribution in [1.29, 1.82) is 5.26 Å². The smallest absolute Gasteiger partial charge is 0.269 e. The number of aromatic amines is 1. The Balaban J connectivity index is 1.72. The Morgan fingerprint density at radius 2 is 2.38 bits per heavy atom. The maximum Gasteiger partial charge on any atom is 0.269 e. The molecule has 24 heavy (non-hydrogen) atoms. The molecule has 1 amide bonds. The summed E-state index contributed by atoms with van der Waals surface area (Å²) >= 11 is 0. The molecule has 0 bridgehead atoms. The molecule has 1 aliphatic rings. The molecule has 124 valence electrons. The van der Waals surface area contributed by atoms with Crippen LogP contribution in [-0.2, 0) is 0 Å². The summed E-state index contributed by atoms with van der Waals surface area (Å²) in [6.45, 7) is 1.87. The van der Waals surface area contributed by atoms with Crippen LogP contribution in [0.1, 0.15) is 28.9 Å². The zero-order valence-corrected chi connectivity index (χ0v) is 13.3. The summed E-state index contributed by atoms with van der Waals surface area (Å²) in [7, 11) is 2.03. The van der Waals surface area contributed by atoms with Gasteiger partial charge in [0.15, 0.2) is 0 Å². The lowest BCUT2D eigenvalue weighted by molar-refractivity contribution is 0.0908. The van der Waals surface area contributed by atoms with Gasteiger partial charge in [-0.1, -0.05) is 0 Å². The zero-order valence-electron chi connectivity index (χ0n) is 13.3. The number of H-pyrrole nitrogens is 1. The summed E-state index contributed by atoms with van der Waals surface area (Å²) in [5.74, 6) is -0.435. The third-order valence-corrected chi connectivity index (χ3v) is 4.14. The van der Waals surface area contributed by atoms with Crippen molar-refractivity contribution in [2.45, 2.75) is 18.9 Å². The molecule has 1 aromatic heterocycles. The van der Waals surface area contributed by atoms with Crippen molar-refractivity contribution in [2.75, 3.05) is 20.1 Å². The van der Waals surface area contributed by atoms with Crippen LogP contribution in [0.25, 0.3) is 11.4 Å². The fourth-order valence-corrected chi connectivity index (χ4v) is 2.88. The van der Waals surface area contributed by atoms with Crippen LogP contribution in [0, 0.1) is 17.1 Å². The van der Waals surface area contributed by atoms with Crippen LogP contribution in [-0.4, -0.2) is 47.0 Å². The fraction of sp³-hybridized carbons (Fsp3) is 0.353. The predicted molar refractivity (Wildman–Crippen MR) is 86.7 cm³/mol. The van der Waals surface area contributed by atoms with Gasteiger partial charge in [0.05, 0.1) is 11.8 Å². The number of nitriles is 1. The van der Waals surface area contributed by atoms with Crippen molar-refractivity contribution in [3.8, 4) is 17.5 Å². The van der Waals surface area contributed by atoms with Crippen molar-refractivity contribution < 1.29 is 9.18 Å². The summed E-state index contributed by atoms with van der Waals surface area (Å²) < 4.78 is 13.7. The number of carbonyl (C=O) groups is 1. The molecule has 7 heteroatoms. The highest BCUT2D eigenvalue weighted by Crippen LogP contribution is 2.19. The van der Waals surface area contributed by atoms with E-state index in [1.165, 1.54) is 18.3 Å². The minimum absolute atomic E-state index is 0.0234. The van der Waals surface area contributed by atoms with Gasteiger partial charge in [-0.15, -0.1) is 0 Å². The van der Waals surface area contributed by atoms with Crippen molar-refractivity contribution in [3.05, 3.63) is 41.5 Å². The number of likely N-dealkylation sites (N-methyl/N-ethyl adjacent to an activating group) is 1. The van der Waals surface area contributed by atoms with Gasteiger partial charge in [-0.25, -0.2) is 9.37 Å². The number of hydrogen-bond donors (Lipinski definition) is 2. The Labute approximate surface area is 139 Å². The van der Waals surface area contributed by atoms with Crippen molar-refractivity contribution >= 4 is 5.91 Å². The topological polar surface area (TPSA) is 84.8 Å². The first-order valence-corrected chi connectivity index (χ1v) is 7.81. The second-order valence-electron chi connectivity index (χ2n) is 6.03. The molecule has 0 unspecified atom stereocenters. The Kier molecular flexibility index (Phi) is 4.58. The summed E-state index contributed by atoms with van der Waals surface area (Å²) in [5, 5.41) is 11.8. The van der Waals surface area contributed by atoms with E-state index >= 15 is 0 Å². The van der Waals surface area contributed by atoms with Gasteiger partial charge in [0, 0.05) is 18.2 Å². The Morgan fingerprint density at radius 1 is 1.54 bits per heavy atom. The molecule has 1 aliphatic heterocycles. The number of likely N-dealkylation sites (tertiary alicyclic amines) is 1. The van der Waals surface area contributed by atoms with Gasteiger partial charge in [-0.2, -0.15) is 5.26 Å². The molecule has 1 fully saturated rings. The molecule has 0 radical (unpaired) electrons. The zero-order chi connectivity index (χ0) is 17.1. The number of nitrogens with one attached hydrogen (secondary N) is 2. The number of carbonyl (C=O) groups excluding carboxylic acids is 1. The van der Waals surface area contributed by atoms with E-state index in [2.05, 4.69) is 20.2 Å². The molecule has 0 saturated carbocycles. The maximum absolute atomic E-state index is 13.7. The first-order valence-electron chi connectivity index (χ1n) is 7.81. The van der Waals surface area contributed by atoms with Crippen LogP contribution in [0.2, 0.25) is 0 Å². The first-order chi connectivity index (χ1) is 11.6. The van der Waals surface area contributed by atoms with E-state index in [1.807, 2.05) is 7.05 Å². The molecule has 2 N–H and O–H groups in total. The van der Waals surface area contributed by atoms with E-state index in [-0.39, 0.29) is 17.5 Å². The van der Waals surface area contributed by atoms with Crippen LogP contribution < -0.4 is 5.32 Å². The minimum atomic E-state index is -0.609. The lowest BCUT2D eigenvalue weighted by Crippen LogP contribution is -2.46. The van der Waals surface area contributed by atoms with Crippen LogP contribution in [0.3, 0.4) is 0 Å². The van der Waals surface area contributed by atoms with E-state index in [0.717, 1.165) is 25.9 Å². The second-order valence-corrected chi connectivity index (χ2v) is 6.03. The summed E-state index contributed by atoms with van der Waals surface area (Å²) in [5.41, 5.74) is 0.802. The van der Waals surface area contributed by atoms with Gasteiger partial charge >= 0.3 is 0 Å². The van der Waals surface area contributed by atoms with E-state index in [9.17, 15) is 9.18 Å². The van der Waals surface area contributed by atoms with Gasteiger partial charge in [0.1, 0.15) is 23.4 Å². The molecule has 6 nitrogen and oxygen atoms in total. The van der Waals surface area contributed by atoms with Gasteiger partial charge in [0.2, 0.25) is 0 Å². The summed E-state index contributed by atoms with van der Waals surface area (Å²) in [6.07, 6.45) is 3.45. The number of hydrogen-bond acceptors (Lipinski definition) is 4. The van der Waals surface area contributed by atoms with Crippen molar-refractivity contribution in [1.82, 2.24) is 20.2 Å². The largest absolute Gasteiger partial charge is 0.347 e. The van der Waals surface area contributed by atoms with Crippen LogP contribution in [0.4, 0.5) is 4.39 Å². The summed E-state index contributed by atoms with van der Waals surface area (Å²) in [4.78, 5) is 21.5. The molecule has 0 aliphatic carbocycles. The summed E-state index contributed by atoms with van der Waals surface area (Å²) in [6, 6.07) is 6.11. The van der Waals surface area contributed by atoms with Gasteiger partial charge in [-0.3, -0.25) is 4.79 Å². The molecule has 2 aromatic rings. The van der Waals surface area contributed by atoms with Crippen LogP contribution >= 0.6 is 0 Å². The van der Waals surface area contributed by atoms with E-state index in [4.69, 9.17) is 5.26 Å². The van der Waals surface area contributed by atoms with Crippen LogP contribution in [0.5, 0.6) is 0 Å². The third kappa shape index (κ3) is 3.44. The standard InChI is InChI=1S/C17H18FN5O/c1-23-6-2-3-13(10-23)21-17(24)15-9-20-16(22-15)11-4-5-12(8-19)14(18)7-11/h4-5,7,9,13H,2-3,6,10H2,1H3,(H,20,22)(H,21,24)/t13-/m1/s1. The predicted octanol–water partition coefficient (Wildman–Crippen LogP) is 1.91. The molecular weight excluding hydrogens is 309 g/mol. The number of halogens is 1. The third-order valence-electron chi connectivity index (χ3n) is 4.14. The number of piperidine rings is 1. The molecule has 1 aromatic carbocycles. The Bertz CT molecular complexity index is 795. The average Bonchev–Trinajstić information content (AvgIpc) is 3.05. The highest BCUT2D eigenvalue weighted by atomic mass is 19.1. The number of aromatic nitrogens is 2. The molecule has 3 rings (SSSR count). The average molecular weight is 327 g/mol. The molecule has 1 saturated heterocycles. The number of nitrogens with zero attached hydrogens (tertiary/aromatic N) is 3. The number of imidazole rings is 1. The van der Waals surface area contributed by atoms with Gasteiger partial charge in [0.25, 0.3) is 5.91 Å². The molecule has 0 spiro atoms. The lowest BCUT2D eigenvalue weighted by Gasteiger charge is -2.29. The van der Waals surface area contributed by atoms with Gasteiger partial charge in [-0.05, 0) is 44.6 Å². The molecular formula is C17H18FN5O. The normalized spacial score (nSPS) is 18.1.